The molecule has 0 saturated heterocycles. The third-order valence-corrected chi connectivity index (χ3v) is 3.53. The van der Waals surface area contributed by atoms with Crippen LogP contribution in [0.5, 0.6) is 0 Å². The molecule has 0 bridgehead atoms. The number of nitrogens with zero attached hydrogens (tertiary/aromatic N) is 1. The zero-order valence-electron chi connectivity index (χ0n) is 10.4. The first kappa shape index (κ1) is 13.7. The van der Waals surface area contributed by atoms with Crippen molar-refractivity contribution in [3.63, 3.8) is 0 Å². The standard InChI is InChI=1S/C14H15F3N2/c15-10-6-12(17)14(7-11(10)16)19-13-5-3-1-2-4-9(13)8-18/h6-7,9,13,19H,1-5H2. The Morgan fingerprint density at radius 2 is 1.68 bits per heavy atom. The van der Waals surface area contributed by atoms with Crippen molar-refractivity contribution in [3.05, 3.63) is 29.6 Å². The van der Waals surface area contributed by atoms with Gasteiger partial charge in [0.2, 0.25) is 0 Å². The number of rotatable bonds is 2. The second kappa shape index (κ2) is 5.96. The lowest BCUT2D eigenvalue weighted by Gasteiger charge is -2.22. The fourth-order valence-electron chi connectivity index (χ4n) is 2.47. The van der Waals surface area contributed by atoms with Crippen LogP contribution in [-0.4, -0.2) is 6.04 Å². The fourth-order valence-corrected chi connectivity index (χ4v) is 2.47. The third-order valence-electron chi connectivity index (χ3n) is 3.53. The summed E-state index contributed by atoms with van der Waals surface area (Å²) in [5, 5.41) is 12.0. The van der Waals surface area contributed by atoms with Crippen LogP contribution in [0.1, 0.15) is 32.1 Å². The van der Waals surface area contributed by atoms with Crippen LogP contribution in [0, 0.1) is 34.7 Å². The summed E-state index contributed by atoms with van der Waals surface area (Å²) in [6.45, 7) is 0. The van der Waals surface area contributed by atoms with Crippen LogP contribution in [-0.2, 0) is 0 Å². The highest BCUT2D eigenvalue weighted by molar-refractivity contribution is 5.46. The predicted molar refractivity (Wildman–Crippen MR) is 65.9 cm³/mol. The average Bonchev–Trinajstić information content (AvgIpc) is 2.61. The van der Waals surface area contributed by atoms with Crippen molar-refractivity contribution in [2.45, 2.75) is 38.1 Å². The lowest BCUT2D eigenvalue weighted by atomic mass is 9.96. The van der Waals surface area contributed by atoms with Crippen LogP contribution < -0.4 is 5.32 Å². The van der Waals surface area contributed by atoms with Gasteiger partial charge in [-0.15, -0.1) is 0 Å². The summed E-state index contributed by atoms with van der Waals surface area (Å²) in [4.78, 5) is 0. The van der Waals surface area contributed by atoms with Crippen molar-refractivity contribution >= 4 is 5.69 Å². The average molecular weight is 268 g/mol. The number of nitrogens with one attached hydrogen (secondary N) is 1. The first-order chi connectivity index (χ1) is 9.11. The Morgan fingerprint density at radius 3 is 2.42 bits per heavy atom. The van der Waals surface area contributed by atoms with Gasteiger partial charge in [0.1, 0.15) is 5.82 Å². The molecule has 19 heavy (non-hydrogen) atoms. The van der Waals surface area contributed by atoms with Gasteiger partial charge in [-0.3, -0.25) is 0 Å². The second-order valence-corrected chi connectivity index (χ2v) is 4.87. The molecule has 2 unspecified atom stereocenters. The van der Waals surface area contributed by atoms with Crippen LogP contribution in [0.4, 0.5) is 18.9 Å². The van der Waals surface area contributed by atoms with Gasteiger partial charge in [-0.1, -0.05) is 19.3 Å². The molecule has 1 aromatic carbocycles. The van der Waals surface area contributed by atoms with Crippen LogP contribution in [0.3, 0.4) is 0 Å². The molecule has 102 valence electrons. The van der Waals surface area contributed by atoms with Gasteiger partial charge in [0.05, 0.1) is 17.7 Å². The maximum Gasteiger partial charge on any atom is 0.161 e. The third kappa shape index (κ3) is 3.19. The molecule has 2 atom stereocenters. The zero-order valence-corrected chi connectivity index (χ0v) is 10.4. The highest BCUT2D eigenvalue weighted by atomic mass is 19.2. The monoisotopic (exact) mass is 268 g/mol. The summed E-state index contributed by atoms with van der Waals surface area (Å²) < 4.78 is 39.5. The van der Waals surface area contributed by atoms with E-state index in [0.29, 0.717) is 6.07 Å². The van der Waals surface area contributed by atoms with E-state index in [1.54, 1.807) is 0 Å². The van der Waals surface area contributed by atoms with Gasteiger partial charge in [-0.05, 0) is 12.8 Å². The molecule has 1 aliphatic carbocycles. The summed E-state index contributed by atoms with van der Waals surface area (Å²) in [6.07, 6.45) is 4.44. The molecule has 0 radical (unpaired) electrons. The van der Waals surface area contributed by atoms with E-state index in [4.69, 9.17) is 5.26 Å². The molecule has 2 nitrogen and oxygen atoms in total. The predicted octanol–water partition coefficient (Wildman–Crippen LogP) is 3.99. The topological polar surface area (TPSA) is 35.8 Å². The first-order valence-electron chi connectivity index (χ1n) is 6.42. The van der Waals surface area contributed by atoms with Gasteiger partial charge in [0.25, 0.3) is 0 Å². The highest BCUT2D eigenvalue weighted by Crippen LogP contribution is 2.27. The molecular formula is C14H15F3N2. The van der Waals surface area contributed by atoms with Crippen molar-refractivity contribution < 1.29 is 13.2 Å². The molecule has 0 spiro atoms. The molecule has 0 aliphatic heterocycles. The highest BCUT2D eigenvalue weighted by Gasteiger charge is 2.24. The smallest absolute Gasteiger partial charge is 0.161 e. The summed E-state index contributed by atoms with van der Waals surface area (Å²) in [7, 11) is 0. The Balaban J connectivity index is 2.19. The Kier molecular flexibility index (Phi) is 4.31. The van der Waals surface area contributed by atoms with Crippen molar-refractivity contribution in [3.8, 4) is 6.07 Å². The number of anilines is 1. The van der Waals surface area contributed by atoms with E-state index in [2.05, 4.69) is 11.4 Å². The molecule has 5 heteroatoms. The van der Waals surface area contributed by atoms with Gasteiger partial charge >= 0.3 is 0 Å². The molecule has 0 aromatic heterocycles. The summed E-state index contributed by atoms with van der Waals surface area (Å²) in [5.74, 6) is -3.36. The van der Waals surface area contributed by atoms with E-state index in [9.17, 15) is 13.2 Å². The first-order valence-corrected chi connectivity index (χ1v) is 6.42. The molecule has 2 rings (SSSR count). The Labute approximate surface area is 110 Å². The number of halogens is 3. The molecule has 1 saturated carbocycles. The number of nitriles is 1. The molecule has 1 aromatic rings. The van der Waals surface area contributed by atoms with Crippen LogP contribution in [0.15, 0.2) is 12.1 Å². The van der Waals surface area contributed by atoms with Gasteiger partial charge in [-0.25, -0.2) is 13.2 Å². The second-order valence-electron chi connectivity index (χ2n) is 4.87. The van der Waals surface area contributed by atoms with E-state index in [1.807, 2.05) is 0 Å². The quantitative estimate of drug-likeness (QED) is 0.650. The zero-order chi connectivity index (χ0) is 13.8. The number of benzene rings is 1. The van der Waals surface area contributed by atoms with Crippen molar-refractivity contribution in [2.75, 3.05) is 5.32 Å². The van der Waals surface area contributed by atoms with Crippen LogP contribution >= 0.6 is 0 Å². The van der Waals surface area contributed by atoms with E-state index in [0.717, 1.165) is 38.2 Å². The van der Waals surface area contributed by atoms with Gasteiger partial charge < -0.3 is 5.32 Å². The van der Waals surface area contributed by atoms with Crippen LogP contribution in [0.2, 0.25) is 0 Å². The van der Waals surface area contributed by atoms with Crippen LogP contribution in [0.25, 0.3) is 0 Å². The number of hydrogen-bond donors (Lipinski definition) is 1. The van der Waals surface area contributed by atoms with Gasteiger partial charge in [-0.2, -0.15) is 5.26 Å². The van der Waals surface area contributed by atoms with E-state index < -0.39 is 17.5 Å². The van der Waals surface area contributed by atoms with E-state index in [-0.39, 0.29) is 17.6 Å². The van der Waals surface area contributed by atoms with Gasteiger partial charge in [0.15, 0.2) is 11.6 Å². The molecule has 1 fully saturated rings. The summed E-state index contributed by atoms with van der Waals surface area (Å²) >= 11 is 0. The molecule has 0 heterocycles. The molecular weight excluding hydrogens is 253 g/mol. The Bertz CT molecular complexity index is 496. The summed E-state index contributed by atoms with van der Waals surface area (Å²) in [5.41, 5.74) is -0.0777. The SMILES string of the molecule is N#CC1CCCCCC1Nc1cc(F)c(F)cc1F. The number of hydrogen-bond acceptors (Lipinski definition) is 2. The Hall–Kier alpha value is -1.70. The lowest BCUT2D eigenvalue weighted by molar-refractivity contribution is 0.488. The summed E-state index contributed by atoms with van der Waals surface area (Å²) in [6, 6.07) is 3.32. The largest absolute Gasteiger partial charge is 0.379 e. The minimum Gasteiger partial charge on any atom is -0.379 e. The minimum absolute atomic E-state index is 0.0777. The molecule has 1 N–H and O–H groups in total. The van der Waals surface area contributed by atoms with Crippen molar-refractivity contribution in [1.29, 1.82) is 5.26 Å². The van der Waals surface area contributed by atoms with Gasteiger partial charge in [0, 0.05) is 18.2 Å². The van der Waals surface area contributed by atoms with Crippen molar-refractivity contribution in [1.82, 2.24) is 0 Å². The normalized spacial score (nSPS) is 23.5. The molecule has 1 aliphatic rings. The Morgan fingerprint density at radius 1 is 1.00 bits per heavy atom. The lowest BCUT2D eigenvalue weighted by Crippen LogP contribution is -2.27. The van der Waals surface area contributed by atoms with Crippen molar-refractivity contribution in [2.24, 2.45) is 5.92 Å². The maximum atomic E-state index is 13.6. The maximum absolute atomic E-state index is 13.6. The van der Waals surface area contributed by atoms with E-state index in [1.165, 1.54) is 0 Å². The minimum atomic E-state index is -1.21. The molecule has 0 amide bonds. The van der Waals surface area contributed by atoms with E-state index >= 15 is 0 Å². The fraction of sp³-hybridized carbons (Fsp3) is 0.500.